The van der Waals surface area contributed by atoms with E-state index in [0.717, 1.165) is 47.4 Å². The summed E-state index contributed by atoms with van der Waals surface area (Å²) in [5.74, 6) is -0.00561. The first-order valence-electron chi connectivity index (χ1n) is 9.77. The molecule has 9 heteroatoms. The van der Waals surface area contributed by atoms with E-state index in [2.05, 4.69) is 20.0 Å². The van der Waals surface area contributed by atoms with Gasteiger partial charge >= 0.3 is 0 Å². The van der Waals surface area contributed by atoms with Crippen LogP contribution < -0.4 is 4.90 Å². The minimum atomic E-state index is -0.00561. The highest BCUT2D eigenvalue weighted by molar-refractivity contribution is 7.13. The van der Waals surface area contributed by atoms with Crippen molar-refractivity contribution in [1.29, 1.82) is 0 Å². The van der Waals surface area contributed by atoms with Crippen LogP contribution in [0.25, 0.3) is 16.3 Å². The maximum absolute atomic E-state index is 13.0. The highest BCUT2D eigenvalue weighted by Crippen LogP contribution is 2.25. The lowest BCUT2D eigenvalue weighted by Gasteiger charge is -2.21. The molecule has 1 amide bonds. The third-order valence-corrected chi connectivity index (χ3v) is 6.77. The molecular formula is C21H20N6OS2. The molecule has 0 radical (unpaired) electrons. The molecule has 30 heavy (non-hydrogen) atoms. The second-order valence-electron chi connectivity index (χ2n) is 6.99. The van der Waals surface area contributed by atoms with E-state index in [4.69, 9.17) is 0 Å². The van der Waals surface area contributed by atoms with Crippen molar-refractivity contribution < 1.29 is 4.79 Å². The van der Waals surface area contributed by atoms with Gasteiger partial charge in [-0.15, -0.1) is 22.7 Å². The molecule has 0 saturated carbocycles. The topological polar surface area (TPSA) is 67.2 Å². The van der Waals surface area contributed by atoms with Gasteiger partial charge in [-0.1, -0.05) is 18.2 Å². The summed E-state index contributed by atoms with van der Waals surface area (Å²) in [6.45, 7) is 3.12. The predicted octanol–water partition coefficient (Wildman–Crippen LogP) is 3.80. The number of amides is 1. The molecule has 1 saturated heterocycles. The monoisotopic (exact) mass is 436 g/mol. The zero-order chi connectivity index (χ0) is 20.3. The minimum absolute atomic E-state index is 0.00561. The van der Waals surface area contributed by atoms with Gasteiger partial charge in [0, 0.05) is 54.9 Å². The highest BCUT2D eigenvalue weighted by Gasteiger charge is 2.23. The summed E-state index contributed by atoms with van der Waals surface area (Å²) < 4.78 is 1.82. The van der Waals surface area contributed by atoms with Crippen molar-refractivity contribution in [2.45, 2.75) is 6.42 Å². The smallest absolute Gasteiger partial charge is 0.273 e. The zero-order valence-corrected chi connectivity index (χ0v) is 17.9. The number of thiazole rings is 2. The highest BCUT2D eigenvalue weighted by atomic mass is 32.1. The van der Waals surface area contributed by atoms with Crippen LogP contribution in [0, 0.1) is 0 Å². The number of hydrogen-bond donors (Lipinski definition) is 0. The zero-order valence-electron chi connectivity index (χ0n) is 16.2. The van der Waals surface area contributed by atoms with E-state index in [1.54, 1.807) is 17.5 Å². The Balaban J connectivity index is 1.28. The van der Waals surface area contributed by atoms with Crippen LogP contribution in [0.4, 0.5) is 5.13 Å². The van der Waals surface area contributed by atoms with Crippen LogP contribution in [0.2, 0.25) is 0 Å². The van der Waals surface area contributed by atoms with Gasteiger partial charge in [0.15, 0.2) is 5.13 Å². The summed E-state index contributed by atoms with van der Waals surface area (Å²) >= 11 is 3.12. The summed E-state index contributed by atoms with van der Waals surface area (Å²) in [5.41, 5.74) is 2.41. The Hall–Kier alpha value is -3.04. The van der Waals surface area contributed by atoms with Crippen LogP contribution in [-0.4, -0.2) is 56.7 Å². The van der Waals surface area contributed by atoms with E-state index in [1.807, 2.05) is 63.1 Å². The first-order valence-corrected chi connectivity index (χ1v) is 11.5. The molecule has 4 aromatic rings. The van der Waals surface area contributed by atoms with Crippen LogP contribution in [0.3, 0.4) is 0 Å². The predicted molar refractivity (Wildman–Crippen MR) is 120 cm³/mol. The van der Waals surface area contributed by atoms with E-state index >= 15 is 0 Å². The van der Waals surface area contributed by atoms with Crippen molar-refractivity contribution in [3.05, 3.63) is 65.4 Å². The molecule has 3 aromatic heterocycles. The van der Waals surface area contributed by atoms with E-state index in [9.17, 15) is 4.79 Å². The number of nitrogens with zero attached hydrogens (tertiary/aromatic N) is 6. The fraction of sp³-hybridized carbons (Fsp3) is 0.238. The lowest BCUT2D eigenvalue weighted by Crippen LogP contribution is -2.35. The number of hydrogen-bond acceptors (Lipinski definition) is 7. The molecule has 4 heterocycles. The third-order valence-electron chi connectivity index (χ3n) is 5.05. The summed E-state index contributed by atoms with van der Waals surface area (Å²) in [7, 11) is 0. The van der Waals surface area contributed by atoms with Crippen molar-refractivity contribution in [2.75, 3.05) is 31.1 Å². The van der Waals surface area contributed by atoms with Gasteiger partial charge in [-0.05, 0) is 18.6 Å². The van der Waals surface area contributed by atoms with Crippen LogP contribution in [0.5, 0.6) is 0 Å². The molecule has 1 aliphatic heterocycles. The maximum atomic E-state index is 13.0. The average molecular weight is 437 g/mol. The Bertz CT molecular complexity index is 1120. The molecule has 7 nitrogen and oxygen atoms in total. The lowest BCUT2D eigenvalue weighted by atomic mass is 10.3. The number of para-hydroxylation sites is 1. The number of rotatable bonds is 4. The van der Waals surface area contributed by atoms with Crippen molar-refractivity contribution >= 4 is 33.7 Å². The van der Waals surface area contributed by atoms with Crippen LogP contribution in [-0.2, 0) is 0 Å². The normalized spacial score (nSPS) is 14.7. The van der Waals surface area contributed by atoms with Gasteiger partial charge in [0.1, 0.15) is 10.7 Å². The lowest BCUT2D eigenvalue weighted by molar-refractivity contribution is 0.0762. The second kappa shape index (κ2) is 8.37. The SMILES string of the molecule is O=C(c1csc(-c2cnn(-c3ccccc3)c2)n1)N1CCCN(c2nccs2)CC1. The number of carbonyl (C=O) groups is 1. The van der Waals surface area contributed by atoms with E-state index in [-0.39, 0.29) is 5.91 Å². The average Bonchev–Trinajstić information content (AvgIpc) is 3.53. The van der Waals surface area contributed by atoms with Gasteiger partial charge in [-0.3, -0.25) is 4.79 Å². The maximum Gasteiger partial charge on any atom is 0.273 e. The summed E-state index contributed by atoms with van der Waals surface area (Å²) in [6, 6.07) is 9.94. The first kappa shape index (κ1) is 19.0. The van der Waals surface area contributed by atoms with E-state index in [0.29, 0.717) is 12.2 Å². The van der Waals surface area contributed by atoms with E-state index < -0.39 is 0 Å². The molecule has 1 aromatic carbocycles. The molecule has 5 rings (SSSR count). The third kappa shape index (κ3) is 3.86. The van der Waals surface area contributed by atoms with Crippen LogP contribution in [0.15, 0.2) is 59.7 Å². The molecule has 0 aliphatic carbocycles. The second-order valence-corrected chi connectivity index (χ2v) is 8.73. The van der Waals surface area contributed by atoms with Gasteiger partial charge in [0.25, 0.3) is 5.91 Å². The fourth-order valence-electron chi connectivity index (χ4n) is 3.51. The molecule has 1 fully saturated rings. The molecule has 1 aliphatic rings. The van der Waals surface area contributed by atoms with E-state index in [1.165, 1.54) is 11.3 Å². The number of anilines is 1. The van der Waals surface area contributed by atoms with Crippen molar-refractivity contribution in [2.24, 2.45) is 0 Å². The molecule has 0 N–H and O–H groups in total. The van der Waals surface area contributed by atoms with Crippen LogP contribution >= 0.6 is 22.7 Å². The standard InChI is InChI=1S/C21H20N6OS2/c28-20(25-8-4-9-26(11-10-25)21-22-7-12-29-21)18-15-30-19(24-18)16-13-23-27(14-16)17-5-2-1-3-6-17/h1-3,5-7,12-15H,4,8-11H2. The number of aromatic nitrogens is 4. The minimum Gasteiger partial charge on any atom is -0.346 e. The van der Waals surface area contributed by atoms with Gasteiger partial charge in [-0.25, -0.2) is 14.6 Å². The summed E-state index contributed by atoms with van der Waals surface area (Å²) in [6.07, 6.45) is 6.48. The Morgan fingerprint density at radius 1 is 1.03 bits per heavy atom. The summed E-state index contributed by atoms with van der Waals surface area (Å²) in [5, 5.41) is 10.1. The van der Waals surface area contributed by atoms with Gasteiger partial charge in [0.05, 0.1) is 11.9 Å². The largest absolute Gasteiger partial charge is 0.346 e. The number of carbonyl (C=O) groups excluding carboxylic acids is 1. The van der Waals surface area contributed by atoms with Crippen LogP contribution in [0.1, 0.15) is 16.9 Å². The fourth-order valence-corrected chi connectivity index (χ4v) is 4.97. The van der Waals surface area contributed by atoms with Crippen molar-refractivity contribution in [3.8, 4) is 16.3 Å². The molecule has 152 valence electrons. The molecule has 0 spiro atoms. The Kier molecular flexibility index (Phi) is 5.29. The van der Waals surface area contributed by atoms with Crippen molar-refractivity contribution in [1.82, 2.24) is 24.6 Å². The molecule has 0 atom stereocenters. The molecule has 0 unspecified atom stereocenters. The van der Waals surface area contributed by atoms with Crippen molar-refractivity contribution in [3.63, 3.8) is 0 Å². The molecular weight excluding hydrogens is 416 g/mol. The first-order chi connectivity index (χ1) is 14.8. The number of benzene rings is 1. The summed E-state index contributed by atoms with van der Waals surface area (Å²) in [4.78, 5) is 26.2. The van der Waals surface area contributed by atoms with Gasteiger partial charge in [0.2, 0.25) is 0 Å². The Labute approximate surface area is 182 Å². The quantitative estimate of drug-likeness (QED) is 0.487. The Morgan fingerprint density at radius 2 is 1.93 bits per heavy atom. The molecule has 0 bridgehead atoms. The van der Waals surface area contributed by atoms with Gasteiger partial charge in [-0.2, -0.15) is 5.10 Å². The Morgan fingerprint density at radius 3 is 2.77 bits per heavy atom. The van der Waals surface area contributed by atoms with Gasteiger partial charge < -0.3 is 9.80 Å².